The van der Waals surface area contributed by atoms with Crippen molar-refractivity contribution < 1.29 is 0 Å². The SMILES string of the molecule is Cc1ccc2[nH]c3c(c2c1)CCCC3NCC(C)CC1=CC=CCC1. The molecule has 0 spiro atoms. The highest BCUT2D eigenvalue weighted by molar-refractivity contribution is 5.85. The van der Waals surface area contributed by atoms with Crippen molar-refractivity contribution >= 4 is 10.9 Å². The Morgan fingerprint density at radius 3 is 3.04 bits per heavy atom. The molecule has 0 amide bonds. The molecule has 0 saturated carbocycles. The summed E-state index contributed by atoms with van der Waals surface area (Å²) < 4.78 is 0. The van der Waals surface area contributed by atoms with Gasteiger partial charge in [-0.05, 0) is 75.6 Å². The molecule has 2 N–H and O–H groups in total. The second-order valence-electron chi connectivity index (χ2n) is 8.02. The minimum absolute atomic E-state index is 0.485. The van der Waals surface area contributed by atoms with Crippen molar-refractivity contribution in [1.29, 1.82) is 0 Å². The van der Waals surface area contributed by atoms with Crippen LogP contribution in [-0.4, -0.2) is 11.5 Å². The van der Waals surface area contributed by atoms with Gasteiger partial charge in [0.15, 0.2) is 0 Å². The number of hydrogen-bond acceptors (Lipinski definition) is 1. The minimum Gasteiger partial charge on any atom is -0.357 e. The molecule has 2 atom stereocenters. The predicted octanol–water partition coefficient (Wildman–Crippen LogP) is 5.75. The molecule has 25 heavy (non-hydrogen) atoms. The maximum Gasteiger partial charge on any atom is 0.0476 e. The number of hydrogen-bond donors (Lipinski definition) is 2. The molecule has 0 saturated heterocycles. The van der Waals surface area contributed by atoms with Crippen LogP contribution in [0.25, 0.3) is 10.9 Å². The number of fused-ring (bicyclic) bond motifs is 3. The van der Waals surface area contributed by atoms with Crippen LogP contribution < -0.4 is 5.32 Å². The molecular weight excluding hydrogens is 304 g/mol. The molecule has 2 aliphatic rings. The highest BCUT2D eigenvalue weighted by atomic mass is 15.0. The third-order valence-electron chi connectivity index (χ3n) is 5.79. The number of aryl methyl sites for hydroxylation is 2. The number of H-pyrrole nitrogens is 1. The van der Waals surface area contributed by atoms with E-state index < -0.39 is 0 Å². The molecule has 1 aromatic heterocycles. The predicted molar refractivity (Wildman–Crippen MR) is 107 cm³/mol. The maximum absolute atomic E-state index is 3.87. The van der Waals surface area contributed by atoms with E-state index in [0.29, 0.717) is 12.0 Å². The molecule has 2 aromatic rings. The zero-order chi connectivity index (χ0) is 17.2. The summed E-state index contributed by atoms with van der Waals surface area (Å²) in [5.74, 6) is 0.690. The molecule has 0 fully saturated rings. The molecule has 0 aliphatic heterocycles. The number of nitrogens with one attached hydrogen (secondary N) is 2. The molecule has 2 aliphatic carbocycles. The van der Waals surface area contributed by atoms with Crippen LogP contribution in [0, 0.1) is 12.8 Å². The van der Waals surface area contributed by atoms with E-state index in [-0.39, 0.29) is 0 Å². The monoisotopic (exact) mass is 334 g/mol. The van der Waals surface area contributed by atoms with Gasteiger partial charge in [-0.2, -0.15) is 0 Å². The molecule has 2 heteroatoms. The zero-order valence-corrected chi connectivity index (χ0v) is 15.6. The molecule has 132 valence electrons. The van der Waals surface area contributed by atoms with Crippen molar-refractivity contribution in [3.8, 4) is 0 Å². The summed E-state index contributed by atoms with van der Waals surface area (Å²) in [6.45, 7) is 5.66. The first-order valence-corrected chi connectivity index (χ1v) is 9.90. The Hall–Kier alpha value is -1.80. The lowest BCUT2D eigenvalue weighted by molar-refractivity contribution is 0.406. The lowest BCUT2D eigenvalue weighted by atomic mass is 9.90. The van der Waals surface area contributed by atoms with Gasteiger partial charge in [0.2, 0.25) is 0 Å². The lowest BCUT2D eigenvalue weighted by Crippen LogP contribution is -2.29. The van der Waals surface area contributed by atoms with E-state index in [9.17, 15) is 0 Å². The fourth-order valence-electron chi connectivity index (χ4n) is 4.47. The summed E-state index contributed by atoms with van der Waals surface area (Å²) in [4.78, 5) is 3.72. The largest absolute Gasteiger partial charge is 0.357 e. The third-order valence-corrected chi connectivity index (χ3v) is 5.79. The zero-order valence-electron chi connectivity index (χ0n) is 15.6. The minimum atomic E-state index is 0.485. The average molecular weight is 335 g/mol. The van der Waals surface area contributed by atoms with Gasteiger partial charge in [-0.15, -0.1) is 0 Å². The smallest absolute Gasteiger partial charge is 0.0476 e. The summed E-state index contributed by atoms with van der Waals surface area (Å²) in [6.07, 6.45) is 14.2. The van der Waals surface area contributed by atoms with Gasteiger partial charge < -0.3 is 10.3 Å². The fraction of sp³-hybridized carbons (Fsp3) is 0.478. The van der Waals surface area contributed by atoms with Gasteiger partial charge in [-0.25, -0.2) is 0 Å². The number of benzene rings is 1. The average Bonchev–Trinajstić information content (AvgIpc) is 2.99. The second-order valence-corrected chi connectivity index (χ2v) is 8.02. The topological polar surface area (TPSA) is 27.8 Å². The second kappa shape index (κ2) is 7.21. The van der Waals surface area contributed by atoms with Crippen LogP contribution in [0.2, 0.25) is 0 Å². The molecule has 0 radical (unpaired) electrons. The van der Waals surface area contributed by atoms with Crippen LogP contribution in [0.15, 0.2) is 42.0 Å². The summed E-state index contributed by atoms with van der Waals surface area (Å²) in [6, 6.07) is 7.28. The number of allylic oxidation sites excluding steroid dienone is 4. The normalized spacial score (nSPS) is 21.2. The van der Waals surface area contributed by atoms with E-state index in [1.54, 1.807) is 11.1 Å². The van der Waals surface area contributed by atoms with E-state index in [1.165, 1.54) is 60.7 Å². The first kappa shape index (κ1) is 16.7. The van der Waals surface area contributed by atoms with Crippen molar-refractivity contribution in [2.45, 2.75) is 58.4 Å². The van der Waals surface area contributed by atoms with Crippen molar-refractivity contribution in [1.82, 2.24) is 10.3 Å². The van der Waals surface area contributed by atoms with E-state index >= 15 is 0 Å². The Morgan fingerprint density at radius 1 is 1.28 bits per heavy atom. The maximum atomic E-state index is 3.87. The van der Waals surface area contributed by atoms with Gasteiger partial charge in [0, 0.05) is 22.6 Å². The third kappa shape index (κ3) is 3.59. The first-order chi connectivity index (χ1) is 12.2. The van der Waals surface area contributed by atoms with Crippen LogP contribution in [0.4, 0.5) is 0 Å². The van der Waals surface area contributed by atoms with Crippen LogP contribution in [0.5, 0.6) is 0 Å². The van der Waals surface area contributed by atoms with E-state index in [4.69, 9.17) is 0 Å². The molecular formula is C23H30N2. The van der Waals surface area contributed by atoms with Gasteiger partial charge in [-0.1, -0.05) is 42.4 Å². The Labute approximate surface area is 151 Å². The van der Waals surface area contributed by atoms with Crippen molar-refractivity contribution in [3.05, 3.63) is 58.8 Å². The Kier molecular flexibility index (Phi) is 4.80. The van der Waals surface area contributed by atoms with Gasteiger partial charge >= 0.3 is 0 Å². The van der Waals surface area contributed by atoms with E-state index in [0.717, 1.165) is 6.54 Å². The molecule has 0 bridgehead atoms. The van der Waals surface area contributed by atoms with Crippen LogP contribution >= 0.6 is 0 Å². The quantitative estimate of drug-likeness (QED) is 0.716. The molecule has 2 nitrogen and oxygen atoms in total. The summed E-state index contributed by atoms with van der Waals surface area (Å²) in [7, 11) is 0. The standard InChI is InChI=1S/C23H30N2/c1-16-11-12-21-20(14-16)19-9-6-10-22(23(19)25-21)24-15-17(2)13-18-7-4-3-5-8-18/h3-4,7,11-12,14,17,22,24-25H,5-6,8-10,13,15H2,1-2H3. The number of aromatic amines is 1. The Balaban J connectivity index is 1.45. The molecule has 1 heterocycles. The van der Waals surface area contributed by atoms with E-state index in [2.05, 4.69) is 60.6 Å². The van der Waals surface area contributed by atoms with Gasteiger partial charge in [-0.3, -0.25) is 0 Å². The van der Waals surface area contributed by atoms with Crippen LogP contribution in [0.3, 0.4) is 0 Å². The Morgan fingerprint density at radius 2 is 2.20 bits per heavy atom. The summed E-state index contributed by atoms with van der Waals surface area (Å²) in [5.41, 5.74) is 7.26. The van der Waals surface area contributed by atoms with Crippen LogP contribution in [-0.2, 0) is 6.42 Å². The number of rotatable bonds is 5. The van der Waals surface area contributed by atoms with Crippen molar-refractivity contribution in [2.75, 3.05) is 6.54 Å². The molecule has 2 unspecified atom stereocenters. The first-order valence-electron chi connectivity index (χ1n) is 9.90. The van der Waals surface area contributed by atoms with Crippen LogP contribution in [0.1, 0.15) is 61.9 Å². The molecule has 4 rings (SSSR count). The van der Waals surface area contributed by atoms with Gasteiger partial charge in [0.1, 0.15) is 0 Å². The lowest BCUT2D eigenvalue weighted by Gasteiger charge is -2.26. The van der Waals surface area contributed by atoms with Gasteiger partial charge in [0.25, 0.3) is 0 Å². The highest BCUT2D eigenvalue weighted by Gasteiger charge is 2.24. The summed E-state index contributed by atoms with van der Waals surface area (Å²) in [5, 5.41) is 5.30. The fourth-order valence-corrected chi connectivity index (χ4v) is 4.47. The van der Waals surface area contributed by atoms with Gasteiger partial charge in [0.05, 0.1) is 0 Å². The molecule has 1 aromatic carbocycles. The van der Waals surface area contributed by atoms with E-state index in [1.807, 2.05) is 0 Å². The van der Waals surface area contributed by atoms with Crippen molar-refractivity contribution in [3.63, 3.8) is 0 Å². The highest BCUT2D eigenvalue weighted by Crippen LogP contribution is 2.35. The summed E-state index contributed by atoms with van der Waals surface area (Å²) >= 11 is 0. The van der Waals surface area contributed by atoms with Crippen molar-refractivity contribution in [2.24, 2.45) is 5.92 Å². The number of aromatic nitrogens is 1. The Bertz CT molecular complexity index is 809.